The average molecular weight is 368 g/mol. The Morgan fingerprint density at radius 2 is 1.74 bits per heavy atom. The molecular weight excluding hydrogens is 340 g/mol. The minimum absolute atomic E-state index is 0.692. The molecule has 0 saturated heterocycles. The van der Waals surface area contributed by atoms with E-state index in [0.717, 1.165) is 56.9 Å². The summed E-state index contributed by atoms with van der Waals surface area (Å²) in [6, 6.07) is 8.79. The van der Waals surface area contributed by atoms with E-state index in [1.165, 1.54) is 27.9 Å². The summed E-state index contributed by atoms with van der Waals surface area (Å²) in [6.07, 6.45) is 3.06. The third kappa shape index (κ3) is 3.32. The summed E-state index contributed by atoms with van der Waals surface area (Å²) in [5.41, 5.74) is 6.73. The summed E-state index contributed by atoms with van der Waals surface area (Å²) < 4.78 is 16.8. The molecule has 144 valence electrons. The molecule has 0 saturated carbocycles. The van der Waals surface area contributed by atoms with Crippen LogP contribution in [0.4, 0.5) is 5.69 Å². The van der Waals surface area contributed by atoms with Crippen LogP contribution in [0.15, 0.2) is 24.3 Å². The molecule has 1 N–H and O–H groups in total. The van der Waals surface area contributed by atoms with Crippen LogP contribution < -0.4 is 19.5 Å². The molecule has 0 fully saturated rings. The Morgan fingerprint density at radius 1 is 0.926 bits per heavy atom. The SMILES string of the molecule is COc1cc2c(c(OC)c1OC)CCN(Cc1cccc3c1NCC3)CC2. The molecule has 0 aliphatic carbocycles. The number of benzene rings is 2. The molecule has 0 radical (unpaired) electrons. The standard InChI is InChI=1S/C22H28N2O3/c1-25-19-13-16-8-11-24(12-9-18(16)21(26-2)22(19)27-3)14-17-6-4-5-15-7-10-23-20(15)17/h4-6,13,23H,7-12,14H2,1-3H3. The third-order valence-electron chi connectivity index (χ3n) is 5.73. The van der Waals surface area contributed by atoms with Crippen molar-refractivity contribution in [3.63, 3.8) is 0 Å². The quantitative estimate of drug-likeness (QED) is 0.877. The van der Waals surface area contributed by atoms with Crippen LogP contribution in [0.5, 0.6) is 17.2 Å². The molecule has 2 aliphatic rings. The van der Waals surface area contributed by atoms with E-state index in [0.29, 0.717) is 5.75 Å². The van der Waals surface area contributed by atoms with Gasteiger partial charge in [-0.1, -0.05) is 18.2 Å². The minimum Gasteiger partial charge on any atom is -0.493 e. The summed E-state index contributed by atoms with van der Waals surface area (Å²) in [4.78, 5) is 2.54. The van der Waals surface area contributed by atoms with E-state index in [1.807, 2.05) is 0 Å². The lowest BCUT2D eigenvalue weighted by Crippen LogP contribution is -2.26. The minimum atomic E-state index is 0.692. The Kier molecular flexibility index (Phi) is 5.12. The highest BCUT2D eigenvalue weighted by molar-refractivity contribution is 5.61. The molecule has 0 amide bonds. The molecule has 0 unspecified atom stereocenters. The van der Waals surface area contributed by atoms with Crippen molar-refractivity contribution in [2.75, 3.05) is 46.3 Å². The van der Waals surface area contributed by atoms with Gasteiger partial charge in [0.15, 0.2) is 11.5 Å². The number of ether oxygens (including phenoxy) is 3. The van der Waals surface area contributed by atoms with E-state index in [2.05, 4.69) is 34.5 Å². The Bertz CT molecular complexity index is 835. The zero-order valence-electron chi connectivity index (χ0n) is 16.4. The van der Waals surface area contributed by atoms with Crippen molar-refractivity contribution >= 4 is 5.69 Å². The average Bonchev–Trinajstić information content (AvgIpc) is 3.10. The molecule has 0 bridgehead atoms. The number of rotatable bonds is 5. The molecule has 2 aliphatic heterocycles. The van der Waals surface area contributed by atoms with Crippen molar-refractivity contribution in [1.82, 2.24) is 4.90 Å². The van der Waals surface area contributed by atoms with Gasteiger partial charge >= 0.3 is 0 Å². The number of anilines is 1. The first-order chi connectivity index (χ1) is 13.2. The highest BCUT2D eigenvalue weighted by Crippen LogP contribution is 2.43. The van der Waals surface area contributed by atoms with Crippen LogP contribution in [-0.2, 0) is 25.8 Å². The third-order valence-corrected chi connectivity index (χ3v) is 5.73. The van der Waals surface area contributed by atoms with Gasteiger partial charge in [0, 0.05) is 37.4 Å². The van der Waals surface area contributed by atoms with Crippen LogP contribution in [0.2, 0.25) is 0 Å². The molecule has 0 atom stereocenters. The van der Waals surface area contributed by atoms with Gasteiger partial charge in [-0.3, -0.25) is 4.90 Å². The normalized spacial score (nSPS) is 16.1. The first-order valence-corrected chi connectivity index (χ1v) is 9.62. The second-order valence-corrected chi connectivity index (χ2v) is 7.19. The molecule has 5 nitrogen and oxygen atoms in total. The van der Waals surface area contributed by atoms with Gasteiger partial charge in [-0.25, -0.2) is 0 Å². The van der Waals surface area contributed by atoms with Crippen molar-refractivity contribution in [1.29, 1.82) is 0 Å². The van der Waals surface area contributed by atoms with Gasteiger partial charge in [0.25, 0.3) is 0 Å². The lowest BCUT2D eigenvalue weighted by atomic mass is 10.0. The van der Waals surface area contributed by atoms with Crippen LogP contribution >= 0.6 is 0 Å². The van der Waals surface area contributed by atoms with E-state index in [9.17, 15) is 0 Å². The van der Waals surface area contributed by atoms with Crippen LogP contribution in [0, 0.1) is 0 Å². The summed E-state index contributed by atoms with van der Waals surface area (Å²) in [7, 11) is 5.05. The van der Waals surface area contributed by atoms with Gasteiger partial charge in [0.1, 0.15) is 0 Å². The summed E-state index contributed by atoms with van der Waals surface area (Å²) >= 11 is 0. The molecule has 4 rings (SSSR count). The Hall–Kier alpha value is -2.40. The molecule has 27 heavy (non-hydrogen) atoms. The van der Waals surface area contributed by atoms with Crippen LogP contribution in [0.25, 0.3) is 0 Å². The summed E-state index contributed by atoms with van der Waals surface area (Å²) in [5, 5.41) is 3.56. The molecule has 0 aromatic heterocycles. The fourth-order valence-electron chi connectivity index (χ4n) is 4.37. The van der Waals surface area contributed by atoms with Crippen molar-refractivity contribution in [2.24, 2.45) is 0 Å². The van der Waals surface area contributed by atoms with Gasteiger partial charge in [-0.2, -0.15) is 0 Å². The number of para-hydroxylation sites is 1. The number of hydrogen-bond acceptors (Lipinski definition) is 5. The smallest absolute Gasteiger partial charge is 0.203 e. The topological polar surface area (TPSA) is 43.0 Å². The van der Waals surface area contributed by atoms with E-state index < -0.39 is 0 Å². The van der Waals surface area contributed by atoms with Crippen molar-refractivity contribution in [3.05, 3.63) is 46.5 Å². The predicted molar refractivity (Wildman–Crippen MR) is 107 cm³/mol. The highest BCUT2D eigenvalue weighted by Gasteiger charge is 2.24. The zero-order chi connectivity index (χ0) is 18.8. The van der Waals surface area contributed by atoms with E-state index in [-0.39, 0.29) is 0 Å². The monoisotopic (exact) mass is 368 g/mol. The summed E-state index contributed by atoms with van der Waals surface area (Å²) in [5.74, 6) is 2.25. The molecule has 2 aromatic carbocycles. The molecule has 5 heteroatoms. The lowest BCUT2D eigenvalue weighted by molar-refractivity contribution is 0.278. The van der Waals surface area contributed by atoms with Gasteiger partial charge in [-0.15, -0.1) is 0 Å². The van der Waals surface area contributed by atoms with E-state index in [1.54, 1.807) is 21.3 Å². The Balaban J connectivity index is 1.58. The fraction of sp³-hybridized carbons (Fsp3) is 0.455. The van der Waals surface area contributed by atoms with Crippen molar-refractivity contribution in [3.8, 4) is 17.2 Å². The highest BCUT2D eigenvalue weighted by atomic mass is 16.5. The Morgan fingerprint density at radius 3 is 2.52 bits per heavy atom. The van der Waals surface area contributed by atoms with Crippen LogP contribution in [-0.4, -0.2) is 45.9 Å². The van der Waals surface area contributed by atoms with Crippen molar-refractivity contribution in [2.45, 2.75) is 25.8 Å². The van der Waals surface area contributed by atoms with Gasteiger partial charge in [0.05, 0.1) is 21.3 Å². The lowest BCUT2D eigenvalue weighted by Gasteiger charge is -2.21. The second-order valence-electron chi connectivity index (χ2n) is 7.19. The number of nitrogens with one attached hydrogen (secondary N) is 1. The maximum absolute atomic E-state index is 5.71. The maximum atomic E-state index is 5.71. The largest absolute Gasteiger partial charge is 0.493 e. The number of nitrogens with zero attached hydrogens (tertiary/aromatic N) is 1. The summed E-state index contributed by atoms with van der Waals surface area (Å²) in [6.45, 7) is 4.05. The van der Waals surface area contributed by atoms with Gasteiger partial charge < -0.3 is 19.5 Å². The molecule has 2 heterocycles. The second kappa shape index (κ2) is 7.69. The van der Waals surface area contributed by atoms with Crippen molar-refractivity contribution < 1.29 is 14.2 Å². The van der Waals surface area contributed by atoms with Crippen LogP contribution in [0.1, 0.15) is 22.3 Å². The molecule has 0 spiro atoms. The first kappa shape index (κ1) is 18.0. The number of methoxy groups -OCH3 is 3. The number of fused-ring (bicyclic) bond motifs is 2. The fourth-order valence-corrected chi connectivity index (χ4v) is 4.37. The van der Waals surface area contributed by atoms with Gasteiger partial charge in [0.2, 0.25) is 5.75 Å². The maximum Gasteiger partial charge on any atom is 0.203 e. The van der Waals surface area contributed by atoms with Crippen LogP contribution in [0.3, 0.4) is 0 Å². The predicted octanol–water partition coefficient (Wildman–Crippen LogP) is 3.28. The zero-order valence-corrected chi connectivity index (χ0v) is 16.4. The number of hydrogen-bond donors (Lipinski definition) is 1. The van der Waals surface area contributed by atoms with E-state index in [4.69, 9.17) is 14.2 Å². The Labute approximate surface area is 161 Å². The van der Waals surface area contributed by atoms with E-state index >= 15 is 0 Å². The first-order valence-electron chi connectivity index (χ1n) is 9.62. The molecular formula is C22H28N2O3. The molecule has 2 aromatic rings. The van der Waals surface area contributed by atoms with Gasteiger partial charge in [-0.05, 0) is 42.0 Å².